The first-order chi connectivity index (χ1) is 13.6. The van der Waals surface area contributed by atoms with Gasteiger partial charge < -0.3 is 10.0 Å². The number of rotatable bonds is 4. The molecule has 4 nitrogen and oxygen atoms in total. The van der Waals surface area contributed by atoms with Crippen LogP contribution in [0.15, 0.2) is 53.5 Å². The highest BCUT2D eigenvalue weighted by Crippen LogP contribution is 2.45. The number of aliphatic imine (C=N–C) groups is 1. The average molecular weight is 413 g/mol. The number of hydrogen-bond acceptors (Lipinski definition) is 3. The van der Waals surface area contributed by atoms with Crippen molar-refractivity contribution in [2.75, 3.05) is 18.0 Å². The summed E-state index contributed by atoms with van der Waals surface area (Å²) in [4.78, 5) is 18.0. The number of carboxylic acid groups (broad SMARTS) is 1. The summed E-state index contributed by atoms with van der Waals surface area (Å²) in [6.45, 7) is 2.32. The van der Waals surface area contributed by atoms with Gasteiger partial charge in [0.2, 0.25) is 0 Å². The molecule has 1 aliphatic carbocycles. The van der Waals surface area contributed by atoms with Crippen LogP contribution < -0.4 is 4.90 Å². The van der Waals surface area contributed by atoms with Gasteiger partial charge in [-0.1, -0.05) is 37.5 Å². The van der Waals surface area contributed by atoms with Gasteiger partial charge in [0, 0.05) is 25.0 Å². The number of hydrogen-bond donors (Lipinski definition) is 1. The van der Waals surface area contributed by atoms with Crippen LogP contribution in [-0.4, -0.2) is 30.4 Å². The lowest BCUT2D eigenvalue weighted by atomic mass is 9.68. The molecule has 29 heavy (non-hydrogen) atoms. The maximum Gasteiger partial charge on any atom is 0.335 e. The molecule has 1 heterocycles. The molecular weight excluding hydrogens is 384 g/mol. The van der Waals surface area contributed by atoms with Crippen molar-refractivity contribution in [2.24, 2.45) is 10.4 Å². The van der Waals surface area contributed by atoms with E-state index < -0.39 is 5.97 Å². The van der Waals surface area contributed by atoms with Crippen LogP contribution in [0.1, 0.15) is 60.9 Å². The molecule has 2 aliphatic rings. The monoisotopic (exact) mass is 412 g/mol. The molecule has 2 aromatic rings. The molecule has 1 N–H and O–H groups in total. The highest BCUT2D eigenvalue weighted by atomic mass is 35.5. The van der Waals surface area contributed by atoms with E-state index in [1.165, 1.54) is 50.6 Å². The molecule has 0 unspecified atom stereocenters. The Kier molecular flexibility index (Phi) is 6.96. The number of carbonyl (C=O) groups is 1. The van der Waals surface area contributed by atoms with E-state index in [1.807, 2.05) is 6.07 Å². The normalized spacial score (nSPS) is 18.6. The first-order valence-corrected chi connectivity index (χ1v) is 10.4. The predicted molar refractivity (Wildman–Crippen MR) is 121 cm³/mol. The van der Waals surface area contributed by atoms with E-state index in [1.54, 1.807) is 24.4 Å². The Balaban J connectivity index is 0.00000240. The summed E-state index contributed by atoms with van der Waals surface area (Å²) in [5.41, 5.74) is 3.84. The molecule has 0 aromatic heterocycles. The van der Waals surface area contributed by atoms with Gasteiger partial charge in [-0.3, -0.25) is 4.99 Å². The van der Waals surface area contributed by atoms with Gasteiger partial charge in [0.25, 0.3) is 0 Å². The molecule has 0 radical (unpaired) electrons. The van der Waals surface area contributed by atoms with Gasteiger partial charge in [0.1, 0.15) is 0 Å². The number of nitrogens with zero attached hydrogens (tertiary/aromatic N) is 2. The number of piperidine rings is 1. The Bertz CT molecular complexity index is 847. The summed E-state index contributed by atoms with van der Waals surface area (Å²) in [5, 5.41) is 9.07. The van der Waals surface area contributed by atoms with Gasteiger partial charge in [-0.2, -0.15) is 0 Å². The van der Waals surface area contributed by atoms with Gasteiger partial charge in [-0.05, 0) is 67.0 Å². The molecule has 1 saturated carbocycles. The van der Waals surface area contributed by atoms with E-state index in [9.17, 15) is 4.79 Å². The zero-order chi connectivity index (χ0) is 19.4. The highest BCUT2D eigenvalue weighted by Gasteiger charge is 2.35. The quantitative estimate of drug-likeness (QED) is 0.616. The fraction of sp³-hybridized carbons (Fsp3) is 0.417. The minimum atomic E-state index is -0.932. The largest absolute Gasteiger partial charge is 0.478 e. The molecule has 1 spiro atoms. The molecule has 0 atom stereocenters. The third kappa shape index (κ3) is 5.18. The molecule has 0 bridgehead atoms. The van der Waals surface area contributed by atoms with Crippen LogP contribution in [0.2, 0.25) is 0 Å². The Morgan fingerprint density at radius 3 is 2.31 bits per heavy atom. The van der Waals surface area contributed by atoms with E-state index in [-0.39, 0.29) is 18.0 Å². The van der Waals surface area contributed by atoms with Crippen molar-refractivity contribution in [2.45, 2.75) is 44.9 Å². The Morgan fingerprint density at radius 1 is 0.966 bits per heavy atom. The van der Waals surface area contributed by atoms with Gasteiger partial charge in [0.15, 0.2) is 0 Å². The molecule has 0 amide bonds. The van der Waals surface area contributed by atoms with Crippen LogP contribution in [-0.2, 0) is 0 Å². The lowest BCUT2D eigenvalue weighted by Gasteiger charge is -2.45. The number of benzene rings is 2. The Hall–Kier alpha value is -2.33. The highest BCUT2D eigenvalue weighted by molar-refractivity contribution is 5.89. The maximum atomic E-state index is 11.1. The number of aromatic carboxylic acids is 1. The summed E-state index contributed by atoms with van der Waals surface area (Å²) in [6.07, 6.45) is 11.6. The second-order valence-corrected chi connectivity index (χ2v) is 8.25. The fourth-order valence-corrected chi connectivity index (χ4v) is 4.68. The predicted octanol–water partition coefficient (Wildman–Crippen LogP) is 6.11. The second kappa shape index (κ2) is 9.45. The first-order valence-electron chi connectivity index (χ1n) is 10.4. The molecule has 154 valence electrons. The lowest BCUT2D eigenvalue weighted by molar-refractivity contribution is 0.0697. The summed E-state index contributed by atoms with van der Waals surface area (Å²) in [6, 6.07) is 15.2. The van der Waals surface area contributed by atoms with Crippen LogP contribution in [0, 0.1) is 5.41 Å². The minimum Gasteiger partial charge on any atom is -0.478 e. The second-order valence-electron chi connectivity index (χ2n) is 8.25. The SMILES string of the molecule is Cl.O=C(O)c1cccc(N=Cc2ccc(N3CCC4(CCCCC4)CC3)cc2)c1. The van der Waals surface area contributed by atoms with Gasteiger partial charge >= 0.3 is 5.97 Å². The van der Waals surface area contributed by atoms with Crippen molar-refractivity contribution < 1.29 is 9.90 Å². The van der Waals surface area contributed by atoms with Gasteiger partial charge in [0.05, 0.1) is 11.3 Å². The summed E-state index contributed by atoms with van der Waals surface area (Å²) in [7, 11) is 0. The fourth-order valence-electron chi connectivity index (χ4n) is 4.68. The van der Waals surface area contributed by atoms with Crippen LogP contribution in [0.4, 0.5) is 11.4 Å². The van der Waals surface area contributed by atoms with Crippen molar-refractivity contribution in [1.29, 1.82) is 0 Å². The molecule has 1 aliphatic heterocycles. The number of carboxylic acids is 1. The summed E-state index contributed by atoms with van der Waals surface area (Å²) < 4.78 is 0. The van der Waals surface area contributed by atoms with Crippen molar-refractivity contribution in [3.8, 4) is 0 Å². The summed E-state index contributed by atoms with van der Waals surface area (Å²) >= 11 is 0. The van der Waals surface area contributed by atoms with Gasteiger partial charge in [-0.25, -0.2) is 4.79 Å². The van der Waals surface area contributed by atoms with Crippen LogP contribution in [0.5, 0.6) is 0 Å². The zero-order valence-corrected chi connectivity index (χ0v) is 17.5. The van der Waals surface area contributed by atoms with Crippen LogP contribution >= 0.6 is 12.4 Å². The van der Waals surface area contributed by atoms with E-state index in [0.29, 0.717) is 11.1 Å². The van der Waals surface area contributed by atoms with E-state index in [0.717, 1.165) is 18.7 Å². The van der Waals surface area contributed by atoms with Gasteiger partial charge in [-0.15, -0.1) is 12.4 Å². The molecule has 4 rings (SSSR count). The van der Waals surface area contributed by atoms with Crippen molar-refractivity contribution >= 4 is 36.0 Å². The molecule has 5 heteroatoms. The standard InChI is InChI=1S/C24H28N2O2.ClH/c27-23(28)20-5-4-6-21(17-20)25-18-19-7-9-22(10-8-19)26-15-13-24(14-16-26)11-2-1-3-12-24;/h4-10,17-18H,1-3,11-16H2,(H,27,28);1H. The van der Waals surface area contributed by atoms with Crippen molar-refractivity contribution in [3.05, 3.63) is 59.7 Å². The zero-order valence-electron chi connectivity index (χ0n) is 16.7. The molecule has 2 fully saturated rings. The molecule has 1 saturated heterocycles. The molecular formula is C24H29ClN2O2. The molecule has 2 aromatic carbocycles. The Morgan fingerprint density at radius 2 is 1.66 bits per heavy atom. The maximum absolute atomic E-state index is 11.1. The third-order valence-electron chi connectivity index (χ3n) is 6.45. The topological polar surface area (TPSA) is 52.9 Å². The van der Waals surface area contributed by atoms with E-state index in [4.69, 9.17) is 5.11 Å². The minimum absolute atomic E-state index is 0. The average Bonchev–Trinajstić information content (AvgIpc) is 2.74. The number of halogens is 1. The van der Waals surface area contributed by atoms with Crippen LogP contribution in [0.25, 0.3) is 0 Å². The van der Waals surface area contributed by atoms with Crippen LogP contribution in [0.3, 0.4) is 0 Å². The van der Waals surface area contributed by atoms with E-state index >= 15 is 0 Å². The lowest BCUT2D eigenvalue weighted by Crippen LogP contribution is -2.41. The first kappa shape index (κ1) is 21.4. The summed E-state index contributed by atoms with van der Waals surface area (Å²) in [5.74, 6) is -0.932. The van der Waals surface area contributed by atoms with Crippen molar-refractivity contribution in [3.63, 3.8) is 0 Å². The third-order valence-corrected chi connectivity index (χ3v) is 6.45. The Labute approximate surface area is 179 Å². The van der Waals surface area contributed by atoms with E-state index in [2.05, 4.69) is 34.2 Å². The van der Waals surface area contributed by atoms with Crippen molar-refractivity contribution in [1.82, 2.24) is 0 Å². The smallest absolute Gasteiger partial charge is 0.335 e. The number of anilines is 1.